The quantitative estimate of drug-likeness (QED) is 0.631. The molecule has 2 aliphatic rings. The van der Waals surface area contributed by atoms with Gasteiger partial charge in [0.2, 0.25) is 5.91 Å². The molecule has 3 aromatic rings. The number of anilines is 4. The molecular weight excluding hydrogens is 442 g/mol. The molecule has 1 aromatic carbocycles. The van der Waals surface area contributed by atoms with Gasteiger partial charge in [-0.15, -0.1) is 0 Å². The van der Waals surface area contributed by atoms with Crippen molar-refractivity contribution in [3.63, 3.8) is 0 Å². The molecule has 2 saturated heterocycles. The summed E-state index contributed by atoms with van der Waals surface area (Å²) in [4.78, 5) is 27.3. The third-order valence-corrected chi connectivity index (χ3v) is 6.26. The second-order valence-corrected chi connectivity index (χ2v) is 8.66. The van der Waals surface area contributed by atoms with Gasteiger partial charge in [-0.25, -0.2) is 13.8 Å². The molecule has 2 fully saturated rings. The Morgan fingerprint density at radius 3 is 2.62 bits per heavy atom. The van der Waals surface area contributed by atoms with Gasteiger partial charge >= 0.3 is 0 Å². The van der Waals surface area contributed by atoms with Gasteiger partial charge in [0.05, 0.1) is 60.1 Å². The van der Waals surface area contributed by atoms with E-state index in [4.69, 9.17) is 4.74 Å². The van der Waals surface area contributed by atoms with Crippen LogP contribution in [0, 0.1) is 18.6 Å². The smallest absolute Gasteiger partial charge is 0.242 e. The maximum Gasteiger partial charge on any atom is 0.242 e. The van der Waals surface area contributed by atoms with E-state index in [0.29, 0.717) is 49.1 Å². The summed E-state index contributed by atoms with van der Waals surface area (Å²) in [5.74, 6) is -1.15. The summed E-state index contributed by atoms with van der Waals surface area (Å²) >= 11 is 0. The number of hydrogen-bond donors (Lipinski definition) is 1. The largest absolute Gasteiger partial charge is 0.378 e. The van der Waals surface area contributed by atoms with Gasteiger partial charge in [0.15, 0.2) is 0 Å². The van der Waals surface area contributed by atoms with Crippen molar-refractivity contribution in [3.05, 3.63) is 47.8 Å². The van der Waals surface area contributed by atoms with Crippen LogP contribution >= 0.6 is 0 Å². The number of carbonyl (C=O) groups excluding carboxylic acids is 1. The summed E-state index contributed by atoms with van der Waals surface area (Å²) in [6, 6.07) is 3.97. The normalized spacial score (nSPS) is 17.5. The van der Waals surface area contributed by atoms with Crippen LogP contribution in [0.2, 0.25) is 0 Å². The van der Waals surface area contributed by atoms with E-state index < -0.39 is 11.6 Å². The zero-order valence-electron chi connectivity index (χ0n) is 19.1. The first-order chi connectivity index (χ1) is 16.4. The lowest BCUT2D eigenvalue weighted by Crippen LogP contribution is -2.49. The molecule has 4 heterocycles. The van der Waals surface area contributed by atoms with Gasteiger partial charge in [-0.1, -0.05) is 0 Å². The highest BCUT2D eigenvalue weighted by Gasteiger charge is 2.28. The van der Waals surface area contributed by atoms with E-state index in [9.17, 15) is 9.18 Å². The van der Waals surface area contributed by atoms with Crippen LogP contribution in [-0.4, -0.2) is 73.8 Å². The van der Waals surface area contributed by atoms with Crippen molar-refractivity contribution in [3.8, 4) is 0 Å². The zero-order valence-corrected chi connectivity index (χ0v) is 19.1. The number of benzene rings is 1. The summed E-state index contributed by atoms with van der Waals surface area (Å²) < 4.78 is 34.5. The molecule has 10 heteroatoms. The van der Waals surface area contributed by atoms with Crippen molar-refractivity contribution in [2.24, 2.45) is 0 Å². The number of halogens is 2. The van der Waals surface area contributed by atoms with Gasteiger partial charge in [-0.05, 0) is 20.0 Å². The molecule has 0 bridgehead atoms. The fourth-order valence-corrected chi connectivity index (χ4v) is 4.46. The molecule has 0 saturated carbocycles. The van der Waals surface area contributed by atoms with E-state index in [1.54, 1.807) is 24.2 Å². The number of amides is 1. The van der Waals surface area contributed by atoms with E-state index >= 15 is 4.39 Å². The van der Waals surface area contributed by atoms with Gasteiger partial charge in [-0.2, -0.15) is 0 Å². The topological polar surface area (TPSA) is 73.8 Å². The van der Waals surface area contributed by atoms with E-state index in [1.807, 2.05) is 18.0 Å². The van der Waals surface area contributed by atoms with Crippen LogP contribution in [0.1, 0.15) is 5.56 Å². The van der Waals surface area contributed by atoms with E-state index in [2.05, 4.69) is 20.2 Å². The van der Waals surface area contributed by atoms with Gasteiger partial charge < -0.3 is 15.0 Å². The minimum absolute atomic E-state index is 0.109. The van der Waals surface area contributed by atoms with Crippen molar-refractivity contribution in [1.82, 2.24) is 14.9 Å². The lowest BCUT2D eigenvalue weighted by Gasteiger charge is -2.33. The molecule has 1 N–H and O–H groups in total. The Labute approximate surface area is 196 Å². The maximum atomic E-state index is 15.0. The molecule has 8 nitrogen and oxygen atoms in total. The van der Waals surface area contributed by atoms with Crippen LogP contribution in [-0.2, 0) is 9.53 Å². The summed E-state index contributed by atoms with van der Waals surface area (Å²) in [5.41, 5.74) is 2.76. The van der Waals surface area contributed by atoms with Gasteiger partial charge in [-0.3, -0.25) is 19.6 Å². The van der Waals surface area contributed by atoms with Crippen LogP contribution in [0.4, 0.5) is 31.7 Å². The van der Waals surface area contributed by atoms with E-state index in [0.717, 1.165) is 24.8 Å². The molecule has 5 rings (SSSR count). The van der Waals surface area contributed by atoms with Crippen LogP contribution in [0.5, 0.6) is 0 Å². The van der Waals surface area contributed by atoms with Crippen LogP contribution < -0.4 is 15.1 Å². The van der Waals surface area contributed by atoms with Crippen LogP contribution in [0.3, 0.4) is 0 Å². The van der Waals surface area contributed by atoms with Crippen molar-refractivity contribution >= 4 is 39.7 Å². The highest BCUT2D eigenvalue weighted by molar-refractivity contribution is 6.02. The summed E-state index contributed by atoms with van der Waals surface area (Å²) in [6.07, 6.45) is 3.43. The highest BCUT2D eigenvalue weighted by atomic mass is 19.1. The highest BCUT2D eigenvalue weighted by Crippen LogP contribution is 2.37. The average molecular weight is 469 g/mol. The molecule has 1 amide bonds. The van der Waals surface area contributed by atoms with Gasteiger partial charge in [0.1, 0.15) is 17.5 Å². The fraction of sp³-hybridized carbons (Fsp3) is 0.375. The van der Waals surface area contributed by atoms with E-state index in [1.165, 1.54) is 6.07 Å². The van der Waals surface area contributed by atoms with Crippen LogP contribution in [0.25, 0.3) is 10.9 Å². The van der Waals surface area contributed by atoms with Crippen molar-refractivity contribution in [2.45, 2.75) is 6.92 Å². The van der Waals surface area contributed by atoms with Crippen molar-refractivity contribution in [1.29, 1.82) is 0 Å². The standard InChI is InChI=1S/C24H26F2N6O2/c1-15-23(28-17-11-18(13-27-12-17)31-5-7-34-8-6-31)22-19(26)9-16(25)10-20(22)29-24(15)32-4-3-30(2)14-21(32)33/h9-13H,3-8,14H2,1-2H3,(H,28,29). The fourth-order valence-electron chi connectivity index (χ4n) is 4.46. The molecular formula is C24H26F2N6O2. The lowest BCUT2D eigenvalue weighted by atomic mass is 10.1. The third-order valence-electron chi connectivity index (χ3n) is 6.26. The Hall–Kier alpha value is -3.37. The predicted molar refractivity (Wildman–Crippen MR) is 127 cm³/mol. The molecule has 0 unspecified atom stereocenters. The molecule has 0 aliphatic carbocycles. The monoisotopic (exact) mass is 468 g/mol. The number of carbonyl (C=O) groups is 1. The molecule has 0 spiro atoms. The number of likely N-dealkylation sites (N-methyl/N-ethyl adjacent to an activating group) is 1. The number of fused-ring (bicyclic) bond motifs is 1. The number of piperazine rings is 1. The molecule has 2 aromatic heterocycles. The lowest BCUT2D eigenvalue weighted by molar-refractivity contribution is -0.120. The summed E-state index contributed by atoms with van der Waals surface area (Å²) in [6.45, 7) is 5.97. The Morgan fingerprint density at radius 2 is 1.85 bits per heavy atom. The second-order valence-electron chi connectivity index (χ2n) is 8.66. The average Bonchev–Trinajstić information content (AvgIpc) is 2.81. The number of pyridine rings is 2. The van der Waals surface area contributed by atoms with Crippen LogP contribution in [0.15, 0.2) is 30.6 Å². The minimum Gasteiger partial charge on any atom is -0.378 e. The maximum absolute atomic E-state index is 15.0. The van der Waals surface area contributed by atoms with Gasteiger partial charge in [0, 0.05) is 43.9 Å². The number of hydrogen-bond acceptors (Lipinski definition) is 7. The van der Waals surface area contributed by atoms with E-state index in [-0.39, 0.29) is 23.4 Å². The van der Waals surface area contributed by atoms with Crippen molar-refractivity contribution < 1.29 is 18.3 Å². The number of aromatic nitrogens is 2. The third kappa shape index (κ3) is 4.26. The minimum atomic E-state index is -0.723. The number of ether oxygens (including phenoxy) is 1. The first-order valence-corrected chi connectivity index (χ1v) is 11.2. The Kier molecular flexibility index (Phi) is 6.01. The number of morpholine rings is 1. The zero-order chi connectivity index (χ0) is 23.8. The molecule has 0 radical (unpaired) electrons. The first kappa shape index (κ1) is 22.4. The summed E-state index contributed by atoms with van der Waals surface area (Å²) in [5, 5.41) is 3.45. The molecule has 2 aliphatic heterocycles. The van der Waals surface area contributed by atoms with Gasteiger partial charge in [0.25, 0.3) is 0 Å². The molecule has 34 heavy (non-hydrogen) atoms. The second kappa shape index (κ2) is 9.11. The number of nitrogens with one attached hydrogen (secondary N) is 1. The molecule has 178 valence electrons. The summed E-state index contributed by atoms with van der Waals surface area (Å²) in [7, 11) is 1.88. The first-order valence-electron chi connectivity index (χ1n) is 11.2. The Balaban J connectivity index is 1.60. The Bertz CT molecular complexity index is 1250. The number of rotatable bonds is 4. The Morgan fingerprint density at radius 1 is 1.06 bits per heavy atom. The predicted octanol–water partition coefficient (Wildman–Crippen LogP) is 3.08. The molecule has 0 atom stereocenters. The van der Waals surface area contributed by atoms with Crippen molar-refractivity contribution in [2.75, 3.05) is 68.1 Å². The number of nitrogens with zero attached hydrogens (tertiary/aromatic N) is 5. The SMILES string of the molecule is Cc1c(N2CCN(C)CC2=O)nc2cc(F)cc(F)c2c1Nc1cncc(N2CCOCC2)c1.